The van der Waals surface area contributed by atoms with E-state index in [4.69, 9.17) is 16.1 Å². The molecule has 0 saturated carbocycles. The molecule has 0 radical (unpaired) electrons. The Bertz CT molecular complexity index is 828. The van der Waals surface area contributed by atoms with Gasteiger partial charge in [-0.25, -0.2) is 0 Å². The average molecular weight is 328 g/mol. The molecule has 1 heterocycles. The molecule has 0 spiro atoms. The molecule has 0 atom stereocenters. The summed E-state index contributed by atoms with van der Waals surface area (Å²) >= 11 is 5.85. The summed E-state index contributed by atoms with van der Waals surface area (Å²) in [7, 11) is 0. The molecule has 0 bridgehead atoms. The zero-order valence-corrected chi connectivity index (χ0v) is 13.2. The third-order valence-electron chi connectivity index (χ3n) is 3.36. The summed E-state index contributed by atoms with van der Waals surface area (Å²) < 4.78 is 5.16. The van der Waals surface area contributed by atoms with Crippen molar-refractivity contribution in [2.24, 2.45) is 0 Å². The number of aryl methyl sites for hydroxylation is 1. The Morgan fingerprint density at radius 3 is 2.65 bits per heavy atom. The summed E-state index contributed by atoms with van der Waals surface area (Å²) in [5, 5.41) is 7.32. The SMILES string of the molecule is Cc1ccccc1C(=O)NCc1nc(-c2ccc(Cl)cc2)no1. The number of aromatic nitrogens is 2. The molecule has 1 aromatic heterocycles. The van der Waals surface area contributed by atoms with Crippen LogP contribution >= 0.6 is 11.6 Å². The van der Waals surface area contributed by atoms with E-state index in [9.17, 15) is 4.79 Å². The van der Waals surface area contributed by atoms with Gasteiger partial charge in [0, 0.05) is 16.1 Å². The van der Waals surface area contributed by atoms with Crippen molar-refractivity contribution in [3.8, 4) is 11.4 Å². The smallest absolute Gasteiger partial charge is 0.251 e. The molecule has 0 fully saturated rings. The maximum atomic E-state index is 12.1. The van der Waals surface area contributed by atoms with E-state index in [0.29, 0.717) is 22.3 Å². The van der Waals surface area contributed by atoms with Crippen molar-refractivity contribution in [3.05, 3.63) is 70.6 Å². The van der Waals surface area contributed by atoms with Crippen LogP contribution in [0, 0.1) is 6.92 Å². The lowest BCUT2D eigenvalue weighted by atomic mass is 10.1. The van der Waals surface area contributed by atoms with Gasteiger partial charge in [-0.05, 0) is 42.8 Å². The Morgan fingerprint density at radius 2 is 1.91 bits per heavy atom. The molecule has 0 aliphatic heterocycles. The van der Waals surface area contributed by atoms with Crippen LogP contribution in [-0.2, 0) is 6.54 Å². The van der Waals surface area contributed by atoms with Crippen LogP contribution in [0.5, 0.6) is 0 Å². The fraction of sp³-hybridized carbons (Fsp3) is 0.118. The second-order valence-electron chi connectivity index (χ2n) is 5.02. The topological polar surface area (TPSA) is 68.0 Å². The lowest BCUT2D eigenvalue weighted by Gasteiger charge is -2.04. The lowest BCUT2D eigenvalue weighted by molar-refractivity contribution is 0.0945. The van der Waals surface area contributed by atoms with Gasteiger partial charge in [0.05, 0.1) is 6.54 Å². The van der Waals surface area contributed by atoms with Gasteiger partial charge in [0.2, 0.25) is 11.7 Å². The second kappa shape index (κ2) is 6.62. The molecule has 116 valence electrons. The molecule has 1 amide bonds. The molecule has 0 saturated heterocycles. The highest BCUT2D eigenvalue weighted by atomic mass is 35.5. The molecule has 3 aromatic rings. The number of hydrogen-bond donors (Lipinski definition) is 1. The standard InChI is InChI=1S/C17H14ClN3O2/c1-11-4-2-3-5-14(11)17(22)19-10-15-20-16(21-23-15)12-6-8-13(18)9-7-12/h2-9H,10H2,1H3,(H,19,22). The van der Waals surface area contributed by atoms with Gasteiger partial charge < -0.3 is 9.84 Å². The number of hydrogen-bond acceptors (Lipinski definition) is 4. The van der Waals surface area contributed by atoms with E-state index in [2.05, 4.69) is 15.5 Å². The largest absolute Gasteiger partial charge is 0.343 e. The quantitative estimate of drug-likeness (QED) is 0.794. The van der Waals surface area contributed by atoms with E-state index in [1.165, 1.54) is 0 Å². The zero-order valence-electron chi connectivity index (χ0n) is 12.4. The first-order valence-corrected chi connectivity index (χ1v) is 7.43. The monoisotopic (exact) mass is 327 g/mol. The van der Waals surface area contributed by atoms with E-state index in [-0.39, 0.29) is 12.5 Å². The van der Waals surface area contributed by atoms with Gasteiger partial charge in [0.1, 0.15) is 0 Å². The number of benzene rings is 2. The number of carbonyl (C=O) groups is 1. The highest BCUT2D eigenvalue weighted by molar-refractivity contribution is 6.30. The molecular weight excluding hydrogens is 314 g/mol. The molecule has 5 nitrogen and oxygen atoms in total. The Kier molecular flexibility index (Phi) is 4.39. The van der Waals surface area contributed by atoms with E-state index < -0.39 is 0 Å². The summed E-state index contributed by atoms with van der Waals surface area (Å²) in [6.45, 7) is 2.06. The Hall–Kier alpha value is -2.66. The van der Waals surface area contributed by atoms with Gasteiger partial charge in [-0.3, -0.25) is 4.79 Å². The van der Waals surface area contributed by atoms with Gasteiger partial charge in [0.25, 0.3) is 5.91 Å². The average Bonchev–Trinajstić information content (AvgIpc) is 3.03. The summed E-state index contributed by atoms with van der Waals surface area (Å²) in [5.74, 6) is 0.632. The van der Waals surface area contributed by atoms with Crippen molar-refractivity contribution >= 4 is 17.5 Å². The maximum Gasteiger partial charge on any atom is 0.251 e. The van der Waals surface area contributed by atoms with Crippen molar-refractivity contribution < 1.29 is 9.32 Å². The maximum absolute atomic E-state index is 12.1. The van der Waals surface area contributed by atoms with Crippen molar-refractivity contribution in [2.75, 3.05) is 0 Å². The lowest BCUT2D eigenvalue weighted by Crippen LogP contribution is -2.23. The van der Waals surface area contributed by atoms with Crippen molar-refractivity contribution in [1.29, 1.82) is 0 Å². The third kappa shape index (κ3) is 3.57. The van der Waals surface area contributed by atoms with Gasteiger partial charge >= 0.3 is 0 Å². The number of amides is 1. The molecule has 2 aromatic carbocycles. The number of nitrogens with zero attached hydrogens (tertiary/aromatic N) is 2. The summed E-state index contributed by atoms with van der Waals surface area (Å²) in [5.41, 5.74) is 2.34. The highest BCUT2D eigenvalue weighted by Gasteiger charge is 2.12. The van der Waals surface area contributed by atoms with Gasteiger partial charge in [-0.2, -0.15) is 4.98 Å². The van der Waals surface area contributed by atoms with Crippen LogP contribution in [0.15, 0.2) is 53.1 Å². The normalized spacial score (nSPS) is 10.5. The second-order valence-corrected chi connectivity index (χ2v) is 5.45. The van der Waals surface area contributed by atoms with Crippen LogP contribution in [-0.4, -0.2) is 16.0 Å². The predicted molar refractivity (Wildman–Crippen MR) is 87.1 cm³/mol. The summed E-state index contributed by atoms with van der Waals surface area (Å²) in [6.07, 6.45) is 0. The van der Waals surface area contributed by atoms with Crippen LogP contribution < -0.4 is 5.32 Å². The van der Waals surface area contributed by atoms with Crippen LogP contribution in [0.25, 0.3) is 11.4 Å². The van der Waals surface area contributed by atoms with Crippen molar-refractivity contribution in [1.82, 2.24) is 15.5 Å². The first-order chi connectivity index (χ1) is 11.1. The fourth-order valence-electron chi connectivity index (χ4n) is 2.12. The minimum absolute atomic E-state index is 0.172. The predicted octanol–water partition coefficient (Wildman–Crippen LogP) is 3.63. The molecule has 23 heavy (non-hydrogen) atoms. The Morgan fingerprint density at radius 1 is 1.17 bits per heavy atom. The first-order valence-electron chi connectivity index (χ1n) is 7.06. The van der Waals surface area contributed by atoms with Gasteiger partial charge in [0.15, 0.2) is 0 Å². The van der Waals surface area contributed by atoms with E-state index in [1.54, 1.807) is 18.2 Å². The van der Waals surface area contributed by atoms with Gasteiger partial charge in [-0.1, -0.05) is 35.0 Å². The third-order valence-corrected chi connectivity index (χ3v) is 3.61. The number of carbonyl (C=O) groups excluding carboxylic acids is 1. The highest BCUT2D eigenvalue weighted by Crippen LogP contribution is 2.18. The minimum atomic E-state index is -0.172. The molecular formula is C17H14ClN3O2. The molecule has 0 unspecified atom stereocenters. The molecule has 6 heteroatoms. The van der Waals surface area contributed by atoms with Gasteiger partial charge in [-0.15, -0.1) is 0 Å². The summed E-state index contributed by atoms with van der Waals surface area (Å²) in [4.78, 5) is 16.4. The zero-order chi connectivity index (χ0) is 16.2. The Labute approximate surface area is 138 Å². The summed E-state index contributed by atoms with van der Waals surface area (Å²) in [6, 6.07) is 14.5. The van der Waals surface area contributed by atoms with E-state index in [0.717, 1.165) is 11.1 Å². The number of nitrogens with one attached hydrogen (secondary N) is 1. The molecule has 1 N–H and O–H groups in total. The number of rotatable bonds is 4. The van der Waals surface area contributed by atoms with E-state index in [1.807, 2.05) is 37.3 Å². The van der Waals surface area contributed by atoms with Crippen molar-refractivity contribution in [2.45, 2.75) is 13.5 Å². The van der Waals surface area contributed by atoms with E-state index >= 15 is 0 Å². The van der Waals surface area contributed by atoms with Crippen LogP contribution in [0.4, 0.5) is 0 Å². The first kappa shape index (κ1) is 15.2. The molecule has 0 aliphatic rings. The Balaban J connectivity index is 1.67. The number of halogens is 1. The molecule has 3 rings (SSSR count). The molecule has 0 aliphatic carbocycles. The van der Waals surface area contributed by atoms with Crippen LogP contribution in [0.3, 0.4) is 0 Å². The minimum Gasteiger partial charge on any atom is -0.343 e. The van der Waals surface area contributed by atoms with Crippen molar-refractivity contribution in [3.63, 3.8) is 0 Å². The van der Waals surface area contributed by atoms with Crippen LogP contribution in [0.2, 0.25) is 5.02 Å². The van der Waals surface area contributed by atoms with Crippen LogP contribution in [0.1, 0.15) is 21.8 Å². The fourth-order valence-corrected chi connectivity index (χ4v) is 2.25.